The monoisotopic (exact) mass is 220 g/mol. The fraction of sp³-hybridized carbons (Fsp3) is 0.545. The fourth-order valence-corrected chi connectivity index (χ4v) is 2.01. The Morgan fingerprint density at radius 2 is 2.31 bits per heavy atom. The molecular weight excluding hydrogens is 204 g/mol. The minimum Gasteiger partial charge on any atom is -0.332 e. The summed E-state index contributed by atoms with van der Waals surface area (Å²) in [5.74, 6) is 0.00278. The number of carbonyl (C=O) groups is 1. The SMILES string of the molecule is C[C@@H]1CN(C)CCN1C(=O)c1ccncn1. The summed E-state index contributed by atoms with van der Waals surface area (Å²) >= 11 is 0. The number of nitrogens with zero attached hydrogens (tertiary/aromatic N) is 4. The molecule has 1 atom stereocenters. The summed E-state index contributed by atoms with van der Waals surface area (Å²) in [7, 11) is 2.07. The predicted octanol–water partition coefficient (Wildman–Crippen LogP) is 0.253. The molecule has 5 nitrogen and oxygen atoms in total. The number of likely N-dealkylation sites (N-methyl/N-ethyl adjacent to an activating group) is 1. The van der Waals surface area contributed by atoms with Gasteiger partial charge in [-0.15, -0.1) is 0 Å². The lowest BCUT2D eigenvalue weighted by Gasteiger charge is -2.37. The van der Waals surface area contributed by atoms with Crippen LogP contribution >= 0.6 is 0 Å². The molecule has 0 radical (unpaired) electrons. The Hall–Kier alpha value is -1.49. The van der Waals surface area contributed by atoms with Crippen LogP contribution in [0, 0.1) is 0 Å². The third-order valence-corrected chi connectivity index (χ3v) is 2.89. The van der Waals surface area contributed by atoms with E-state index in [1.807, 2.05) is 4.90 Å². The first-order valence-corrected chi connectivity index (χ1v) is 5.44. The van der Waals surface area contributed by atoms with Gasteiger partial charge in [-0.25, -0.2) is 9.97 Å². The van der Waals surface area contributed by atoms with Crippen molar-refractivity contribution in [3.63, 3.8) is 0 Å². The summed E-state index contributed by atoms with van der Waals surface area (Å²) in [5.41, 5.74) is 0.478. The lowest BCUT2D eigenvalue weighted by atomic mass is 10.2. The second-order valence-electron chi connectivity index (χ2n) is 4.20. The number of hydrogen-bond donors (Lipinski definition) is 0. The van der Waals surface area contributed by atoms with Gasteiger partial charge in [0.05, 0.1) is 0 Å². The van der Waals surface area contributed by atoms with Crippen molar-refractivity contribution in [3.8, 4) is 0 Å². The molecule has 0 N–H and O–H groups in total. The Balaban J connectivity index is 2.11. The summed E-state index contributed by atoms with van der Waals surface area (Å²) in [6, 6.07) is 1.90. The number of piperazine rings is 1. The van der Waals surface area contributed by atoms with Gasteiger partial charge in [0.1, 0.15) is 12.0 Å². The van der Waals surface area contributed by atoms with E-state index in [0.29, 0.717) is 5.69 Å². The van der Waals surface area contributed by atoms with Gasteiger partial charge in [-0.2, -0.15) is 0 Å². The van der Waals surface area contributed by atoms with E-state index < -0.39 is 0 Å². The van der Waals surface area contributed by atoms with Crippen LogP contribution in [-0.4, -0.2) is 58.4 Å². The molecule has 0 aliphatic carbocycles. The Morgan fingerprint density at radius 3 is 2.94 bits per heavy atom. The summed E-state index contributed by atoms with van der Waals surface area (Å²) in [6.45, 7) is 4.66. The van der Waals surface area contributed by atoms with E-state index in [9.17, 15) is 4.79 Å². The van der Waals surface area contributed by atoms with Crippen LogP contribution in [0.15, 0.2) is 18.6 Å². The predicted molar refractivity (Wildman–Crippen MR) is 60.0 cm³/mol. The summed E-state index contributed by atoms with van der Waals surface area (Å²) in [5, 5.41) is 0. The van der Waals surface area contributed by atoms with Gasteiger partial charge < -0.3 is 9.80 Å². The van der Waals surface area contributed by atoms with Gasteiger partial charge in [-0.1, -0.05) is 0 Å². The molecule has 0 spiro atoms. The molecule has 5 heteroatoms. The first-order chi connectivity index (χ1) is 7.68. The topological polar surface area (TPSA) is 49.3 Å². The van der Waals surface area contributed by atoms with Crippen LogP contribution in [0.5, 0.6) is 0 Å². The smallest absolute Gasteiger partial charge is 0.272 e. The third kappa shape index (κ3) is 2.19. The normalized spacial score (nSPS) is 22.1. The van der Waals surface area contributed by atoms with Crippen molar-refractivity contribution in [2.75, 3.05) is 26.7 Å². The largest absolute Gasteiger partial charge is 0.332 e. The van der Waals surface area contributed by atoms with Crippen molar-refractivity contribution < 1.29 is 4.79 Å². The molecule has 1 amide bonds. The Bertz CT molecular complexity index is 368. The highest BCUT2D eigenvalue weighted by Crippen LogP contribution is 2.11. The van der Waals surface area contributed by atoms with Crippen LogP contribution in [0.25, 0.3) is 0 Å². The molecule has 0 aromatic carbocycles. The molecule has 0 bridgehead atoms. The van der Waals surface area contributed by atoms with Gasteiger partial charge in [-0.05, 0) is 20.0 Å². The molecule has 2 heterocycles. The average molecular weight is 220 g/mol. The van der Waals surface area contributed by atoms with E-state index in [4.69, 9.17) is 0 Å². The standard InChI is InChI=1S/C11H16N4O/c1-9-7-14(2)5-6-15(9)11(16)10-3-4-12-8-13-10/h3-4,8-9H,5-7H2,1-2H3/t9-/m1/s1. The average Bonchev–Trinajstić information content (AvgIpc) is 2.29. The highest BCUT2D eigenvalue weighted by Gasteiger charge is 2.26. The molecule has 0 unspecified atom stereocenters. The van der Waals surface area contributed by atoms with E-state index in [1.165, 1.54) is 6.33 Å². The number of hydrogen-bond acceptors (Lipinski definition) is 4. The first-order valence-electron chi connectivity index (χ1n) is 5.44. The molecule has 1 aliphatic heterocycles. The summed E-state index contributed by atoms with van der Waals surface area (Å²) in [6.07, 6.45) is 3.01. The molecule has 1 aromatic rings. The highest BCUT2D eigenvalue weighted by atomic mass is 16.2. The van der Waals surface area contributed by atoms with Crippen LogP contribution in [0.2, 0.25) is 0 Å². The van der Waals surface area contributed by atoms with Crippen LogP contribution in [-0.2, 0) is 0 Å². The van der Waals surface area contributed by atoms with Crippen molar-refractivity contribution in [2.45, 2.75) is 13.0 Å². The Kier molecular flexibility index (Phi) is 3.14. The Labute approximate surface area is 95.1 Å². The first kappa shape index (κ1) is 11.0. The van der Waals surface area contributed by atoms with Gasteiger partial charge in [-0.3, -0.25) is 4.79 Å². The van der Waals surface area contributed by atoms with Crippen molar-refractivity contribution in [1.29, 1.82) is 0 Å². The summed E-state index contributed by atoms with van der Waals surface area (Å²) in [4.78, 5) is 24.0. The minimum absolute atomic E-state index is 0.00278. The second kappa shape index (κ2) is 4.57. The number of amides is 1. The van der Waals surface area contributed by atoms with E-state index in [0.717, 1.165) is 19.6 Å². The third-order valence-electron chi connectivity index (χ3n) is 2.89. The molecular formula is C11H16N4O. The molecule has 1 aromatic heterocycles. The van der Waals surface area contributed by atoms with Crippen molar-refractivity contribution in [2.24, 2.45) is 0 Å². The van der Waals surface area contributed by atoms with Crippen LogP contribution < -0.4 is 0 Å². The molecule has 1 saturated heterocycles. The molecule has 1 aliphatic rings. The fourth-order valence-electron chi connectivity index (χ4n) is 2.01. The molecule has 1 fully saturated rings. The maximum Gasteiger partial charge on any atom is 0.272 e. The van der Waals surface area contributed by atoms with Crippen LogP contribution in [0.3, 0.4) is 0 Å². The lowest BCUT2D eigenvalue weighted by Crippen LogP contribution is -2.52. The van der Waals surface area contributed by atoms with Gasteiger partial charge in [0, 0.05) is 31.9 Å². The molecule has 86 valence electrons. The van der Waals surface area contributed by atoms with Gasteiger partial charge in [0.25, 0.3) is 5.91 Å². The van der Waals surface area contributed by atoms with E-state index in [1.54, 1.807) is 12.3 Å². The molecule has 16 heavy (non-hydrogen) atoms. The van der Waals surface area contributed by atoms with Crippen LogP contribution in [0.1, 0.15) is 17.4 Å². The van der Waals surface area contributed by atoms with Gasteiger partial charge in [0.15, 0.2) is 0 Å². The van der Waals surface area contributed by atoms with Crippen LogP contribution in [0.4, 0.5) is 0 Å². The zero-order valence-electron chi connectivity index (χ0n) is 9.63. The van der Waals surface area contributed by atoms with E-state index in [2.05, 4.69) is 28.8 Å². The number of carbonyl (C=O) groups excluding carboxylic acids is 1. The highest BCUT2D eigenvalue weighted by molar-refractivity contribution is 5.92. The Morgan fingerprint density at radius 1 is 1.50 bits per heavy atom. The molecule has 2 rings (SSSR count). The lowest BCUT2D eigenvalue weighted by molar-refractivity contribution is 0.0527. The zero-order valence-corrected chi connectivity index (χ0v) is 9.63. The van der Waals surface area contributed by atoms with Crippen molar-refractivity contribution in [3.05, 3.63) is 24.3 Å². The minimum atomic E-state index is 0.00278. The number of aromatic nitrogens is 2. The van der Waals surface area contributed by atoms with Crippen molar-refractivity contribution in [1.82, 2.24) is 19.8 Å². The van der Waals surface area contributed by atoms with E-state index in [-0.39, 0.29) is 11.9 Å². The maximum atomic E-state index is 12.1. The number of rotatable bonds is 1. The van der Waals surface area contributed by atoms with Gasteiger partial charge >= 0.3 is 0 Å². The zero-order chi connectivity index (χ0) is 11.5. The maximum absolute atomic E-state index is 12.1. The second-order valence-corrected chi connectivity index (χ2v) is 4.20. The van der Waals surface area contributed by atoms with Gasteiger partial charge in [0.2, 0.25) is 0 Å². The van der Waals surface area contributed by atoms with E-state index >= 15 is 0 Å². The molecule has 0 saturated carbocycles. The van der Waals surface area contributed by atoms with Crippen molar-refractivity contribution >= 4 is 5.91 Å². The quantitative estimate of drug-likeness (QED) is 0.681. The summed E-state index contributed by atoms with van der Waals surface area (Å²) < 4.78 is 0.